The first kappa shape index (κ1) is 15.2. The van der Waals surface area contributed by atoms with Gasteiger partial charge in [0.15, 0.2) is 11.5 Å². The molecule has 1 aliphatic carbocycles. The summed E-state index contributed by atoms with van der Waals surface area (Å²) in [7, 11) is 1.64. The molecular formula is C18H25NO3. The molecule has 4 heteroatoms. The summed E-state index contributed by atoms with van der Waals surface area (Å²) < 4.78 is 11.0. The lowest BCUT2D eigenvalue weighted by molar-refractivity contribution is -0.127. The summed E-state index contributed by atoms with van der Waals surface area (Å²) >= 11 is 0. The summed E-state index contributed by atoms with van der Waals surface area (Å²) in [6.45, 7) is 4.58. The molecule has 2 aliphatic rings. The smallest absolute Gasteiger partial charge is 0.223 e. The van der Waals surface area contributed by atoms with Crippen LogP contribution in [0.5, 0.6) is 11.5 Å². The molecule has 1 atom stereocenters. The van der Waals surface area contributed by atoms with Crippen LogP contribution in [0.15, 0.2) is 24.3 Å². The average molecular weight is 303 g/mol. The Balaban J connectivity index is 1.44. The van der Waals surface area contributed by atoms with E-state index in [0.717, 1.165) is 43.3 Å². The predicted molar refractivity (Wildman–Crippen MR) is 85.1 cm³/mol. The van der Waals surface area contributed by atoms with E-state index in [0.29, 0.717) is 12.5 Å². The molecule has 1 unspecified atom stereocenters. The largest absolute Gasteiger partial charge is 0.493 e. The summed E-state index contributed by atoms with van der Waals surface area (Å²) in [5, 5.41) is 0. The molecule has 1 heterocycles. The van der Waals surface area contributed by atoms with Crippen molar-refractivity contribution in [1.82, 2.24) is 4.90 Å². The van der Waals surface area contributed by atoms with Crippen molar-refractivity contribution in [3.8, 4) is 11.5 Å². The second-order valence-electron chi connectivity index (χ2n) is 6.77. The highest BCUT2D eigenvalue weighted by Crippen LogP contribution is 2.50. The molecule has 1 aromatic rings. The summed E-state index contributed by atoms with van der Waals surface area (Å²) in [6, 6.07) is 7.65. The predicted octanol–water partition coefficient (Wildman–Crippen LogP) is 3.11. The Labute approximate surface area is 132 Å². The second-order valence-corrected chi connectivity index (χ2v) is 6.77. The summed E-state index contributed by atoms with van der Waals surface area (Å²) in [5.41, 5.74) is 0.223. The Bertz CT molecular complexity index is 541. The molecule has 1 saturated carbocycles. The summed E-state index contributed by atoms with van der Waals surface area (Å²) in [4.78, 5) is 14.2. The van der Waals surface area contributed by atoms with Crippen molar-refractivity contribution < 1.29 is 14.3 Å². The number of carbonyl (C=O) groups excluding carboxylic acids is 1. The van der Waals surface area contributed by atoms with Crippen LogP contribution >= 0.6 is 0 Å². The van der Waals surface area contributed by atoms with E-state index in [-0.39, 0.29) is 5.41 Å². The fraction of sp³-hybridized carbons (Fsp3) is 0.611. The highest BCUT2D eigenvalue weighted by molar-refractivity contribution is 5.79. The van der Waals surface area contributed by atoms with Crippen molar-refractivity contribution >= 4 is 5.91 Å². The number of benzene rings is 1. The minimum Gasteiger partial charge on any atom is -0.493 e. The number of carbonyl (C=O) groups is 1. The van der Waals surface area contributed by atoms with Gasteiger partial charge in [0, 0.05) is 19.5 Å². The molecule has 4 nitrogen and oxygen atoms in total. The number of rotatable bonds is 7. The van der Waals surface area contributed by atoms with Gasteiger partial charge in [-0.1, -0.05) is 19.1 Å². The molecule has 1 saturated heterocycles. The third kappa shape index (κ3) is 3.21. The molecule has 0 N–H and O–H groups in total. The third-order valence-corrected chi connectivity index (χ3v) is 4.92. The number of hydrogen-bond acceptors (Lipinski definition) is 3. The number of likely N-dealkylation sites (tertiary alicyclic amines) is 1. The number of methoxy groups -OCH3 is 1. The SMILES string of the molecule is COc1ccccc1OCCCN1CC(C)(C2CC2)CC1=O. The monoisotopic (exact) mass is 303 g/mol. The van der Waals surface area contributed by atoms with Gasteiger partial charge in [0.05, 0.1) is 13.7 Å². The van der Waals surface area contributed by atoms with E-state index in [2.05, 4.69) is 6.92 Å². The third-order valence-electron chi connectivity index (χ3n) is 4.92. The maximum absolute atomic E-state index is 12.2. The lowest BCUT2D eigenvalue weighted by Gasteiger charge is -2.23. The zero-order valence-corrected chi connectivity index (χ0v) is 13.5. The molecule has 0 spiro atoms. The van der Waals surface area contributed by atoms with Gasteiger partial charge in [0.25, 0.3) is 0 Å². The molecule has 2 fully saturated rings. The van der Waals surface area contributed by atoms with E-state index in [1.165, 1.54) is 12.8 Å². The number of amides is 1. The van der Waals surface area contributed by atoms with Crippen LogP contribution in [0.3, 0.4) is 0 Å². The van der Waals surface area contributed by atoms with Crippen LogP contribution in [0.4, 0.5) is 0 Å². The molecule has 0 bridgehead atoms. The highest BCUT2D eigenvalue weighted by Gasteiger charge is 2.48. The van der Waals surface area contributed by atoms with Gasteiger partial charge in [0.2, 0.25) is 5.91 Å². The average Bonchev–Trinajstić information content (AvgIpc) is 3.32. The molecule has 120 valence electrons. The van der Waals surface area contributed by atoms with E-state index in [1.54, 1.807) is 7.11 Å². The first-order valence-corrected chi connectivity index (χ1v) is 8.16. The lowest BCUT2D eigenvalue weighted by Crippen LogP contribution is -2.29. The zero-order chi connectivity index (χ0) is 15.6. The van der Waals surface area contributed by atoms with Gasteiger partial charge in [0.1, 0.15) is 0 Å². The molecule has 1 aliphatic heterocycles. The van der Waals surface area contributed by atoms with Crippen LogP contribution in [-0.2, 0) is 4.79 Å². The Morgan fingerprint density at radius 3 is 2.68 bits per heavy atom. The molecule has 0 aromatic heterocycles. The van der Waals surface area contributed by atoms with Crippen molar-refractivity contribution in [2.24, 2.45) is 11.3 Å². The van der Waals surface area contributed by atoms with Crippen molar-refractivity contribution in [2.45, 2.75) is 32.6 Å². The van der Waals surface area contributed by atoms with E-state index in [9.17, 15) is 4.79 Å². The van der Waals surface area contributed by atoms with E-state index in [4.69, 9.17) is 9.47 Å². The maximum atomic E-state index is 12.2. The second kappa shape index (κ2) is 6.19. The molecule has 0 radical (unpaired) electrons. The Morgan fingerprint density at radius 1 is 1.27 bits per heavy atom. The molecule has 3 rings (SSSR count). The van der Waals surface area contributed by atoms with E-state index in [1.807, 2.05) is 29.2 Å². The first-order valence-electron chi connectivity index (χ1n) is 8.16. The van der Waals surface area contributed by atoms with Crippen molar-refractivity contribution in [2.75, 3.05) is 26.8 Å². The van der Waals surface area contributed by atoms with Crippen LogP contribution < -0.4 is 9.47 Å². The number of nitrogens with zero attached hydrogens (tertiary/aromatic N) is 1. The van der Waals surface area contributed by atoms with Crippen LogP contribution in [0.1, 0.15) is 32.6 Å². The van der Waals surface area contributed by atoms with Crippen molar-refractivity contribution in [3.63, 3.8) is 0 Å². The minimum atomic E-state index is 0.223. The van der Waals surface area contributed by atoms with E-state index < -0.39 is 0 Å². The topological polar surface area (TPSA) is 38.8 Å². The van der Waals surface area contributed by atoms with Crippen LogP contribution in [0, 0.1) is 11.3 Å². The highest BCUT2D eigenvalue weighted by atomic mass is 16.5. The van der Waals surface area contributed by atoms with Crippen LogP contribution in [0.25, 0.3) is 0 Å². The van der Waals surface area contributed by atoms with Gasteiger partial charge in [-0.25, -0.2) is 0 Å². The molecule has 1 aromatic carbocycles. The fourth-order valence-corrected chi connectivity index (χ4v) is 3.47. The molecular weight excluding hydrogens is 278 g/mol. The van der Waals surface area contributed by atoms with Gasteiger partial charge in [-0.3, -0.25) is 4.79 Å². The van der Waals surface area contributed by atoms with Crippen LogP contribution in [-0.4, -0.2) is 37.6 Å². The number of hydrogen-bond donors (Lipinski definition) is 0. The number of ether oxygens (including phenoxy) is 2. The van der Waals surface area contributed by atoms with E-state index >= 15 is 0 Å². The minimum absolute atomic E-state index is 0.223. The normalized spacial score (nSPS) is 24.6. The Kier molecular flexibility index (Phi) is 4.27. The number of para-hydroxylation sites is 2. The van der Waals surface area contributed by atoms with Crippen molar-refractivity contribution in [3.05, 3.63) is 24.3 Å². The van der Waals surface area contributed by atoms with Crippen LogP contribution in [0.2, 0.25) is 0 Å². The molecule has 22 heavy (non-hydrogen) atoms. The standard InChI is InChI=1S/C18H25NO3/c1-18(14-8-9-14)12-17(20)19(13-18)10-5-11-22-16-7-4-3-6-15(16)21-2/h3-4,6-7,14H,5,8-13H2,1-2H3. The zero-order valence-electron chi connectivity index (χ0n) is 13.5. The van der Waals surface area contributed by atoms with Gasteiger partial charge in [-0.2, -0.15) is 0 Å². The summed E-state index contributed by atoms with van der Waals surface area (Å²) in [6.07, 6.45) is 4.18. The Morgan fingerprint density at radius 2 is 2.00 bits per heavy atom. The Hall–Kier alpha value is -1.71. The fourth-order valence-electron chi connectivity index (χ4n) is 3.47. The van der Waals surface area contributed by atoms with Gasteiger partial charge < -0.3 is 14.4 Å². The van der Waals surface area contributed by atoms with Gasteiger partial charge in [-0.05, 0) is 42.7 Å². The van der Waals surface area contributed by atoms with Crippen molar-refractivity contribution in [1.29, 1.82) is 0 Å². The first-order chi connectivity index (χ1) is 10.6. The lowest BCUT2D eigenvalue weighted by atomic mass is 9.84. The van der Waals surface area contributed by atoms with Gasteiger partial charge >= 0.3 is 0 Å². The van der Waals surface area contributed by atoms with Gasteiger partial charge in [-0.15, -0.1) is 0 Å². The summed E-state index contributed by atoms with van der Waals surface area (Å²) in [5.74, 6) is 2.60. The quantitative estimate of drug-likeness (QED) is 0.727. The maximum Gasteiger partial charge on any atom is 0.223 e. The molecule has 1 amide bonds.